The average Bonchev–Trinajstić information content (AvgIpc) is 3.36. The van der Waals surface area contributed by atoms with Crippen molar-refractivity contribution in [2.45, 2.75) is 24.3 Å². The van der Waals surface area contributed by atoms with Crippen molar-refractivity contribution in [3.63, 3.8) is 0 Å². The van der Waals surface area contributed by atoms with E-state index in [1.54, 1.807) is 6.07 Å². The third-order valence-electron chi connectivity index (χ3n) is 5.29. The standard InChI is InChI=1S/C24H24ClF4N5O4S/c1-34(22(35)31-11-15-5-3-7-17(27)21(15)25)20(10-24(28,29)12-30)39-13-37-23(36)32-19-9-18(33-38-19)14-4-2-6-16(26)8-14/h2-9,20H,10-13,30H2,1H3,(H,31,35)(H,32,36)/t20-/m1/s1. The first-order chi connectivity index (χ1) is 18.5. The maximum atomic E-state index is 14.1. The first kappa shape index (κ1) is 30.1. The van der Waals surface area contributed by atoms with E-state index < -0.39 is 54.0 Å². The Labute approximate surface area is 230 Å². The Morgan fingerprint density at radius 2 is 1.97 bits per heavy atom. The lowest BCUT2D eigenvalue weighted by atomic mass is 10.1. The smallest absolute Gasteiger partial charge is 0.414 e. The minimum atomic E-state index is -3.31. The molecule has 0 radical (unpaired) electrons. The van der Waals surface area contributed by atoms with Crippen molar-refractivity contribution in [3.05, 3.63) is 70.8 Å². The number of nitrogens with one attached hydrogen (secondary N) is 2. The van der Waals surface area contributed by atoms with E-state index in [9.17, 15) is 27.2 Å². The van der Waals surface area contributed by atoms with Crippen LogP contribution in [0.15, 0.2) is 53.1 Å². The van der Waals surface area contributed by atoms with E-state index in [0.717, 1.165) is 22.7 Å². The van der Waals surface area contributed by atoms with Crippen LogP contribution in [0.5, 0.6) is 0 Å². The molecular weight excluding hydrogens is 566 g/mol. The molecule has 0 fully saturated rings. The Kier molecular flexibility index (Phi) is 10.4. The summed E-state index contributed by atoms with van der Waals surface area (Å²) >= 11 is 6.63. The van der Waals surface area contributed by atoms with Crippen LogP contribution in [0.1, 0.15) is 12.0 Å². The fourth-order valence-electron chi connectivity index (χ4n) is 3.18. The zero-order valence-electron chi connectivity index (χ0n) is 20.4. The predicted octanol–water partition coefficient (Wildman–Crippen LogP) is 5.66. The molecule has 0 spiro atoms. The van der Waals surface area contributed by atoms with Gasteiger partial charge >= 0.3 is 12.1 Å². The highest BCUT2D eigenvalue weighted by Gasteiger charge is 2.35. The van der Waals surface area contributed by atoms with Gasteiger partial charge in [-0.3, -0.25) is 5.32 Å². The van der Waals surface area contributed by atoms with Crippen molar-refractivity contribution < 1.29 is 36.4 Å². The third-order valence-corrected chi connectivity index (χ3v) is 6.84. The first-order valence-corrected chi connectivity index (χ1v) is 12.7. The van der Waals surface area contributed by atoms with Crippen molar-refractivity contribution in [1.29, 1.82) is 0 Å². The fraction of sp³-hybridized carbons (Fsp3) is 0.292. The molecule has 9 nitrogen and oxygen atoms in total. The second-order valence-corrected chi connectivity index (χ2v) is 9.62. The minimum Gasteiger partial charge on any atom is -0.438 e. The second-order valence-electron chi connectivity index (χ2n) is 8.13. The van der Waals surface area contributed by atoms with E-state index in [-0.39, 0.29) is 23.1 Å². The summed E-state index contributed by atoms with van der Waals surface area (Å²) in [6.07, 6.45) is -1.82. The largest absolute Gasteiger partial charge is 0.438 e. The van der Waals surface area contributed by atoms with Crippen molar-refractivity contribution >= 4 is 41.4 Å². The SMILES string of the molecule is CN(C(=O)NCc1cccc(F)c1Cl)[C@@H](CC(F)(F)CN)SCOC(=O)Nc1cc(-c2cccc(F)c2)no1. The molecule has 1 aromatic heterocycles. The highest BCUT2D eigenvalue weighted by molar-refractivity contribution is 7.99. The normalized spacial score (nSPS) is 12.1. The molecule has 1 heterocycles. The van der Waals surface area contributed by atoms with E-state index in [0.29, 0.717) is 11.1 Å². The van der Waals surface area contributed by atoms with Crippen LogP contribution in [0.2, 0.25) is 5.02 Å². The summed E-state index contributed by atoms with van der Waals surface area (Å²) in [5.41, 5.74) is 6.12. The molecular formula is C24H24ClF4N5O4S. The number of benzene rings is 2. The lowest BCUT2D eigenvalue weighted by molar-refractivity contribution is -0.00652. The van der Waals surface area contributed by atoms with E-state index in [2.05, 4.69) is 15.8 Å². The number of hydrogen-bond acceptors (Lipinski definition) is 7. The predicted molar refractivity (Wildman–Crippen MR) is 138 cm³/mol. The second kappa shape index (κ2) is 13.5. The minimum absolute atomic E-state index is 0.0945. The zero-order valence-corrected chi connectivity index (χ0v) is 22.0. The van der Waals surface area contributed by atoms with Gasteiger partial charge in [-0.1, -0.05) is 52.8 Å². The number of nitrogens with two attached hydrogens (primary N) is 1. The number of amides is 3. The highest BCUT2D eigenvalue weighted by atomic mass is 35.5. The van der Waals surface area contributed by atoms with Gasteiger partial charge in [0.25, 0.3) is 5.92 Å². The van der Waals surface area contributed by atoms with Crippen molar-refractivity contribution in [2.24, 2.45) is 5.73 Å². The zero-order chi connectivity index (χ0) is 28.6. The molecule has 0 saturated carbocycles. The molecule has 39 heavy (non-hydrogen) atoms. The monoisotopic (exact) mass is 589 g/mol. The van der Waals surface area contributed by atoms with E-state index in [4.69, 9.17) is 26.6 Å². The molecule has 0 bridgehead atoms. The molecule has 3 amide bonds. The molecule has 4 N–H and O–H groups in total. The quantitative estimate of drug-likeness (QED) is 0.195. The number of ether oxygens (including phenoxy) is 1. The topological polar surface area (TPSA) is 123 Å². The summed E-state index contributed by atoms with van der Waals surface area (Å²) < 4.78 is 65.2. The van der Waals surface area contributed by atoms with Gasteiger partial charge in [0.1, 0.15) is 23.3 Å². The molecule has 3 aromatic rings. The Morgan fingerprint density at radius 1 is 1.23 bits per heavy atom. The molecule has 15 heteroatoms. The van der Waals surface area contributed by atoms with E-state index in [1.807, 2.05) is 0 Å². The van der Waals surface area contributed by atoms with Gasteiger partial charge in [0.2, 0.25) is 5.88 Å². The Hall–Kier alpha value is -3.49. The van der Waals surface area contributed by atoms with Gasteiger partial charge < -0.3 is 25.2 Å². The Bertz CT molecular complexity index is 1300. The van der Waals surface area contributed by atoms with Gasteiger partial charge in [0, 0.05) is 31.6 Å². The van der Waals surface area contributed by atoms with Crippen LogP contribution in [-0.2, 0) is 11.3 Å². The lowest BCUT2D eigenvalue weighted by Crippen LogP contribution is -2.45. The van der Waals surface area contributed by atoms with Crippen molar-refractivity contribution in [1.82, 2.24) is 15.4 Å². The molecule has 0 aliphatic rings. The van der Waals surface area contributed by atoms with Gasteiger partial charge in [-0.15, -0.1) is 0 Å². The average molecular weight is 590 g/mol. The van der Waals surface area contributed by atoms with Crippen molar-refractivity contribution in [3.8, 4) is 11.3 Å². The number of carbonyl (C=O) groups excluding carboxylic acids is 2. The van der Waals surface area contributed by atoms with Gasteiger partial charge in [-0.2, -0.15) is 0 Å². The molecule has 1 atom stereocenters. The number of anilines is 1. The molecule has 2 aromatic carbocycles. The fourth-order valence-corrected chi connectivity index (χ4v) is 4.38. The number of carbonyl (C=O) groups is 2. The summed E-state index contributed by atoms with van der Waals surface area (Å²) in [6.45, 7) is -1.11. The van der Waals surface area contributed by atoms with Crippen LogP contribution in [0.3, 0.4) is 0 Å². The number of nitrogens with zero attached hydrogens (tertiary/aromatic N) is 2. The summed E-state index contributed by atoms with van der Waals surface area (Å²) in [5, 5.41) is 7.17. The Balaban J connectivity index is 1.56. The number of halogens is 5. The van der Waals surface area contributed by atoms with E-state index >= 15 is 0 Å². The highest BCUT2D eigenvalue weighted by Crippen LogP contribution is 2.29. The maximum absolute atomic E-state index is 14.1. The first-order valence-electron chi connectivity index (χ1n) is 11.3. The van der Waals surface area contributed by atoms with Gasteiger partial charge in [-0.05, 0) is 23.8 Å². The van der Waals surface area contributed by atoms with Crippen LogP contribution in [-0.4, -0.2) is 53.0 Å². The number of rotatable bonds is 11. The summed E-state index contributed by atoms with van der Waals surface area (Å²) in [6, 6.07) is 10.2. The lowest BCUT2D eigenvalue weighted by Gasteiger charge is -2.30. The molecule has 0 saturated heterocycles. The molecule has 210 valence electrons. The van der Waals surface area contributed by atoms with Crippen LogP contribution < -0.4 is 16.4 Å². The van der Waals surface area contributed by atoms with Crippen molar-refractivity contribution in [2.75, 3.05) is 24.8 Å². The number of urea groups is 1. The third kappa shape index (κ3) is 8.76. The van der Waals surface area contributed by atoms with Crippen LogP contribution in [0, 0.1) is 11.6 Å². The molecule has 0 unspecified atom stereocenters. The maximum Gasteiger partial charge on any atom is 0.414 e. The molecule has 0 aliphatic carbocycles. The van der Waals surface area contributed by atoms with Crippen LogP contribution >= 0.6 is 23.4 Å². The number of hydrogen-bond donors (Lipinski definition) is 3. The van der Waals surface area contributed by atoms with Crippen LogP contribution in [0.25, 0.3) is 11.3 Å². The van der Waals surface area contributed by atoms with E-state index in [1.165, 1.54) is 43.4 Å². The Morgan fingerprint density at radius 3 is 2.69 bits per heavy atom. The number of thioether (sulfide) groups is 1. The summed E-state index contributed by atoms with van der Waals surface area (Å²) in [7, 11) is 1.27. The van der Waals surface area contributed by atoms with Gasteiger partial charge in [0.05, 0.1) is 16.9 Å². The molecule has 3 rings (SSSR count). The number of alkyl halides is 2. The summed E-state index contributed by atoms with van der Waals surface area (Å²) in [4.78, 5) is 25.8. The van der Waals surface area contributed by atoms with Gasteiger partial charge in [0.15, 0.2) is 0 Å². The number of aromatic nitrogens is 1. The summed E-state index contributed by atoms with van der Waals surface area (Å²) in [5.74, 6) is -4.97. The van der Waals surface area contributed by atoms with Crippen LogP contribution in [0.4, 0.5) is 33.0 Å². The van der Waals surface area contributed by atoms with Gasteiger partial charge in [-0.25, -0.2) is 27.2 Å². The molecule has 0 aliphatic heterocycles.